The molecule has 0 aliphatic carbocycles. The third kappa shape index (κ3) is 4.06. The standard InChI is InChI=1S/C10H11BrF4N2O2S/c1-17(3-2-10(13,14)15)20(18,19)9-5-8(16)7(12)4-6(9)11/h4-5H,2-3,16H2,1H3. The molecule has 0 aliphatic rings. The maximum Gasteiger partial charge on any atom is 0.390 e. The first-order chi connectivity index (χ1) is 8.95. The van der Waals surface area contributed by atoms with E-state index in [4.69, 9.17) is 5.73 Å². The lowest BCUT2D eigenvalue weighted by Gasteiger charge is -2.19. The van der Waals surface area contributed by atoms with E-state index in [0.29, 0.717) is 4.31 Å². The molecule has 0 radical (unpaired) electrons. The third-order valence-corrected chi connectivity index (χ3v) is 5.26. The van der Waals surface area contributed by atoms with Crippen LogP contribution < -0.4 is 5.73 Å². The summed E-state index contributed by atoms with van der Waals surface area (Å²) in [5.74, 6) is -0.825. The second-order valence-electron chi connectivity index (χ2n) is 4.00. The summed E-state index contributed by atoms with van der Waals surface area (Å²) in [6.45, 7) is -0.741. The largest absolute Gasteiger partial charge is 0.396 e. The fourth-order valence-electron chi connectivity index (χ4n) is 1.31. The summed E-state index contributed by atoms with van der Waals surface area (Å²) >= 11 is 2.85. The highest BCUT2D eigenvalue weighted by Crippen LogP contribution is 2.29. The van der Waals surface area contributed by atoms with Crippen LogP contribution in [-0.4, -0.2) is 32.5 Å². The minimum absolute atomic E-state index is 0.108. The van der Waals surface area contributed by atoms with E-state index in [0.717, 1.165) is 19.2 Å². The Morgan fingerprint density at radius 1 is 1.35 bits per heavy atom. The summed E-state index contributed by atoms with van der Waals surface area (Å²) in [6, 6.07) is 1.71. The highest BCUT2D eigenvalue weighted by molar-refractivity contribution is 9.10. The van der Waals surface area contributed by atoms with Gasteiger partial charge < -0.3 is 5.73 Å². The number of anilines is 1. The molecule has 0 unspecified atom stereocenters. The summed E-state index contributed by atoms with van der Waals surface area (Å²) in [6.07, 6.45) is -5.75. The number of alkyl halides is 3. The fraction of sp³-hybridized carbons (Fsp3) is 0.400. The highest BCUT2D eigenvalue weighted by atomic mass is 79.9. The minimum atomic E-state index is -4.47. The van der Waals surface area contributed by atoms with E-state index in [1.165, 1.54) is 0 Å². The second kappa shape index (κ2) is 5.86. The van der Waals surface area contributed by atoms with Gasteiger partial charge in [0.1, 0.15) is 5.82 Å². The van der Waals surface area contributed by atoms with Crippen molar-refractivity contribution in [3.05, 3.63) is 22.4 Å². The van der Waals surface area contributed by atoms with Crippen LogP contribution >= 0.6 is 15.9 Å². The molecule has 0 fully saturated rings. The van der Waals surface area contributed by atoms with E-state index in [-0.39, 0.29) is 9.37 Å². The van der Waals surface area contributed by atoms with Crippen LogP contribution in [0.4, 0.5) is 23.2 Å². The molecule has 0 heterocycles. The molecular weight excluding hydrogens is 368 g/mol. The number of sulfonamides is 1. The lowest BCUT2D eigenvalue weighted by Crippen LogP contribution is -2.31. The number of halogens is 5. The molecule has 0 atom stereocenters. The molecule has 0 bridgehead atoms. The molecular formula is C10H11BrF4N2O2S. The van der Waals surface area contributed by atoms with Crippen molar-refractivity contribution in [2.75, 3.05) is 19.3 Å². The van der Waals surface area contributed by atoms with Gasteiger partial charge in [-0.3, -0.25) is 0 Å². The lowest BCUT2D eigenvalue weighted by molar-refractivity contribution is -0.135. The zero-order valence-corrected chi connectivity index (χ0v) is 12.6. The van der Waals surface area contributed by atoms with E-state index >= 15 is 0 Å². The summed E-state index contributed by atoms with van der Waals surface area (Å²) in [5, 5.41) is 0. The summed E-state index contributed by atoms with van der Waals surface area (Å²) in [7, 11) is -3.18. The van der Waals surface area contributed by atoms with Crippen LogP contribution in [-0.2, 0) is 10.0 Å². The first kappa shape index (κ1) is 17.2. The summed E-state index contributed by atoms with van der Waals surface area (Å²) in [4.78, 5) is -0.388. The molecule has 0 spiro atoms. The number of benzene rings is 1. The molecule has 114 valence electrons. The van der Waals surface area contributed by atoms with Crippen molar-refractivity contribution >= 4 is 31.6 Å². The monoisotopic (exact) mass is 378 g/mol. The number of hydrogen-bond donors (Lipinski definition) is 1. The normalized spacial score (nSPS) is 12.9. The summed E-state index contributed by atoms with van der Waals surface area (Å²) in [5.41, 5.74) is 4.86. The van der Waals surface area contributed by atoms with Crippen LogP contribution in [0.1, 0.15) is 6.42 Å². The maximum atomic E-state index is 13.1. The Bertz CT molecular complexity index is 604. The molecule has 10 heteroatoms. The van der Waals surface area contributed by atoms with E-state index in [1.807, 2.05) is 0 Å². The Kier molecular flexibility index (Phi) is 5.03. The smallest absolute Gasteiger partial charge is 0.390 e. The van der Waals surface area contributed by atoms with Crippen molar-refractivity contribution in [2.45, 2.75) is 17.5 Å². The molecule has 0 aliphatic heterocycles. The van der Waals surface area contributed by atoms with Gasteiger partial charge >= 0.3 is 6.18 Å². The molecule has 0 saturated heterocycles. The molecule has 0 saturated carbocycles. The SMILES string of the molecule is CN(CCC(F)(F)F)S(=O)(=O)c1cc(N)c(F)cc1Br. The second-order valence-corrected chi connectivity index (χ2v) is 6.86. The van der Waals surface area contributed by atoms with Gasteiger partial charge in [0, 0.05) is 18.1 Å². The molecule has 2 N–H and O–H groups in total. The number of rotatable bonds is 4. The van der Waals surface area contributed by atoms with Crippen LogP contribution in [0, 0.1) is 5.82 Å². The molecule has 1 aromatic carbocycles. The molecule has 1 rings (SSSR count). The molecule has 20 heavy (non-hydrogen) atoms. The van der Waals surface area contributed by atoms with E-state index < -0.39 is 40.7 Å². The Balaban J connectivity index is 3.08. The maximum absolute atomic E-state index is 13.1. The first-order valence-corrected chi connectivity index (χ1v) is 7.46. The fourth-order valence-corrected chi connectivity index (χ4v) is 3.49. The van der Waals surface area contributed by atoms with E-state index in [9.17, 15) is 26.0 Å². The van der Waals surface area contributed by atoms with Crippen LogP contribution in [0.25, 0.3) is 0 Å². The topological polar surface area (TPSA) is 63.4 Å². The molecule has 0 aromatic heterocycles. The van der Waals surface area contributed by atoms with Gasteiger partial charge in [-0.15, -0.1) is 0 Å². The lowest BCUT2D eigenvalue weighted by atomic mass is 10.3. The van der Waals surface area contributed by atoms with Gasteiger partial charge in [-0.25, -0.2) is 17.1 Å². The van der Waals surface area contributed by atoms with Gasteiger partial charge in [0.15, 0.2) is 0 Å². The first-order valence-electron chi connectivity index (χ1n) is 5.23. The Labute approximate surface area is 121 Å². The third-order valence-electron chi connectivity index (χ3n) is 2.45. The molecule has 4 nitrogen and oxygen atoms in total. The van der Waals surface area contributed by atoms with Crippen LogP contribution in [0.3, 0.4) is 0 Å². The average molecular weight is 379 g/mol. The van der Waals surface area contributed by atoms with Crippen LogP contribution in [0.2, 0.25) is 0 Å². The molecule has 0 amide bonds. The van der Waals surface area contributed by atoms with Gasteiger partial charge in [0.05, 0.1) is 17.0 Å². The Morgan fingerprint density at radius 3 is 2.40 bits per heavy atom. The molecule has 1 aromatic rings. The Hall–Kier alpha value is -0.870. The van der Waals surface area contributed by atoms with Crippen LogP contribution in [0.15, 0.2) is 21.5 Å². The zero-order chi connectivity index (χ0) is 15.7. The quantitative estimate of drug-likeness (QED) is 0.647. The zero-order valence-electron chi connectivity index (χ0n) is 10.2. The van der Waals surface area contributed by atoms with Crippen molar-refractivity contribution in [3.8, 4) is 0 Å². The van der Waals surface area contributed by atoms with Crippen LogP contribution in [0.5, 0.6) is 0 Å². The number of nitrogen functional groups attached to an aromatic ring is 1. The van der Waals surface area contributed by atoms with Gasteiger partial charge in [-0.1, -0.05) is 0 Å². The summed E-state index contributed by atoms with van der Waals surface area (Å²) < 4.78 is 74.0. The predicted molar refractivity (Wildman–Crippen MR) is 69.0 cm³/mol. The van der Waals surface area contributed by atoms with Gasteiger partial charge in [-0.05, 0) is 28.1 Å². The van der Waals surface area contributed by atoms with Gasteiger partial charge in [-0.2, -0.15) is 13.2 Å². The Morgan fingerprint density at radius 2 is 1.90 bits per heavy atom. The van der Waals surface area contributed by atoms with Gasteiger partial charge in [0.2, 0.25) is 10.0 Å². The van der Waals surface area contributed by atoms with Crippen molar-refractivity contribution in [1.29, 1.82) is 0 Å². The van der Waals surface area contributed by atoms with Gasteiger partial charge in [0.25, 0.3) is 0 Å². The number of nitrogens with zero attached hydrogens (tertiary/aromatic N) is 1. The van der Waals surface area contributed by atoms with Crippen molar-refractivity contribution in [2.24, 2.45) is 0 Å². The van der Waals surface area contributed by atoms with Crippen molar-refractivity contribution in [3.63, 3.8) is 0 Å². The van der Waals surface area contributed by atoms with E-state index in [1.54, 1.807) is 0 Å². The van der Waals surface area contributed by atoms with Crippen molar-refractivity contribution < 1.29 is 26.0 Å². The number of nitrogens with two attached hydrogens (primary N) is 1. The average Bonchev–Trinajstić information content (AvgIpc) is 2.29. The van der Waals surface area contributed by atoms with Crippen molar-refractivity contribution in [1.82, 2.24) is 4.31 Å². The highest BCUT2D eigenvalue weighted by Gasteiger charge is 2.31. The number of hydrogen-bond acceptors (Lipinski definition) is 3. The minimum Gasteiger partial charge on any atom is -0.396 e. The van der Waals surface area contributed by atoms with E-state index in [2.05, 4.69) is 15.9 Å². The predicted octanol–water partition coefficient (Wildman–Crippen LogP) is 2.74.